The highest BCUT2D eigenvalue weighted by Gasteiger charge is 2.22. The molecule has 17 heavy (non-hydrogen) atoms. The maximum atomic E-state index is 11.6. The van der Waals surface area contributed by atoms with Gasteiger partial charge in [0.25, 0.3) is 5.91 Å². The molecule has 0 saturated carbocycles. The largest absolute Gasteiger partial charge is 0.478 e. The Morgan fingerprint density at radius 2 is 2.24 bits per heavy atom. The number of morpholine rings is 1. The van der Waals surface area contributed by atoms with Crippen LogP contribution in [-0.4, -0.2) is 36.7 Å². The van der Waals surface area contributed by atoms with Gasteiger partial charge in [0.15, 0.2) is 0 Å². The summed E-state index contributed by atoms with van der Waals surface area (Å²) in [5.41, 5.74) is 0.852. The van der Waals surface area contributed by atoms with Gasteiger partial charge in [0.05, 0.1) is 17.9 Å². The molecule has 0 aliphatic carbocycles. The van der Waals surface area contributed by atoms with Crippen LogP contribution >= 0.6 is 15.9 Å². The van der Waals surface area contributed by atoms with E-state index >= 15 is 0 Å². The molecule has 0 atom stereocenters. The van der Waals surface area contributed by atoms with Gasteiger partial charge in [-0.05, 0) is 34.1 Å². The maximum Gasteiger partial charge on any atom is 0.335 e. The zero-order valence-corrected chi connectivity index (χ0v) is 10.4. The zero-order valence-electron chi connectivity index (χ0n) is 8.85. The summed E-state index contributed by atoms with van der Waals surface area (Å²) in [6, 6.07) is 4.59. The Morgan fingerprint density at radius 1 is 1.47 bits per heavy atom. The topological polar surface area (TPSA) is 66.8 Å². The van der Waals surface area contributed by atoms with Crippen molar-refractivity contribution in [1.82, 2.24) is 0 Å². The molecule has 1 amide bonds. The lowest BCUT2D eigenvalue weighted by molar-refractivity contribution is -0.125. The number of ether oxygens (including phenoxy) is 1. The van der Waals surface area contributed by atoms with Crippen LogP contribution in [0, 0.1) is 0 Å². The van der Waals surface area contributed by atoms with Crippen molar-refractivity contribution in [1.29, 1.82) is 0 Å². The fraction of sp³-hybridized carbons (Fsp3) is 0.273. The van der Waals surface area contributed by atoms with Crippen molar-refractivity contribution in [2.45, 2.75) is 0 Å². The molecule has 5 nitrogen and oxygen atoms in total. The van der Waals surface area contributed by atoms with Crippen molar-refractivity contribution in [3.05, 3.63) is 28.2 Å². The van der Waals surface area contributed by atoms with Gasteiger partial charge in [-0.15, -0.1) is 0 Å². The second-order valence-electron chi connectivity index (χ2n) is 3.57. The van der Waals surface area contributed by atoms with Gasteiger partial charge in [-0.3, -0.25) is 4.79 Å². The average Bonchev–Trinajstić information content (AvgIpc) is 2.30. The number of carboxylic acid groups (broad SMARTS) is 1. The third-order valence-electron chi connectivity index (χ3n) is 2.47. The maximum absolute atomic E-state index is 11.6. The fourth-order valence-electron chi connectivity index (χ4n) is 1.63. The summed E-state index contributed by atoms with van der Waals surface area (Å²) in [5, 5.41) is 8.84. The van der Waals surface area contributed by atoms with Crippen molar-refractivity contribution in [2.75, 3.05) is 24.7 Å². The number of nitrogens with zero attached hydrogens (tertiary/aromatic N) is 1. The van der Waals surface area contributed by atoms with Crippen LogP contribution in [0.2, 0.25) is 0 Å². The third-order valence-corrected chi connectivity index (χ3v) is 3.11. The molecule has 1 fully saturated rings. The molecular formula is C11H10BrNO4. The van der Waals surface area contributed by atoms with E-state index in [1.807, 2.05) is 0 Å². The molecule has 90 valence electrons. The average molecular weight is 300 g/mol. The first-order valence-corrected chi connectivity index (χ1v) is 5.80. The van der Waals surface area contributed by atoms with E-state index in [2.05, 4.69) is 15.9 Å². The highest BCUT2D eigenvalue weighted by molar-refractivity contribution is 9.10. The van der Waals surface area contributed by atoms with Gasteiger partial charge in [-0.1, -0.05) is 0 Å². The van der Waals surface area contributed by atoms with Gasteiger partial charge < -0.3 is 14.7 Å². The minimum absolute atomic E-state index is 0.0626. The predicted molar refractivity (Wildman–Crippen MR) is 64.3 cm³/mol. The quantitative estimate of drug-likeness (QED) is 0.899. The Hall–Kier alpha value is -1.40. The Bertz CT molecular complexity index is 475. The van der Waals surface area contributed by atoms with Gasteiger partial charge in [-0.2, -0.15) is 0 Å². The minimum atomic E-state index is -0.995. The minimum Gasteiger partial charge on any atom is -0.478 e. The molecule has 0 bridgehead atoms. The second kappa shape index (κ2) is 4.85. The first kappa shape index (κ1) is 12.1. The number of carboxylic acids is 1. The SMILES string of the molecule is O=C(O)c1ccc(N2CCOCC2=O)c(Br)c1. The van der Waals surface area contributed by atoms with E-state index in [0.29, 0.717) is 23.3 Å². The lowest BCUT2D eigenvalue weighted by atomic mass is 10.2. The molecule has 0 radical (unpaired) electrons. The van der Waals surface area contributed by atoms with Crippen LogP contribution in [0.25, 0.3) is 0 Å². The number of benzene rings is 1. The van der Waals surface area contributed by atoms with Gasteiger partial charge in [0.1, 0.15) is 6.61 Å². The van der Waals surface area contributed by atoms with Crippen LogP contribution in [0.1, 0.15) is 10.4 Å². The van der Waals surface area contributed by atoms with Crippen LogP contribution in [0.15, 0.2) is 22.7 Å². The lowest BCUT2D eigenvalue weighted by Gasteiger charge is -2.27. The van der Waals surface area contributed by atoms with E-state index in [0.717, 1.165) is 0 Å². The summed E-state index contributed by atoms with van der Waals surface area (Å²) < 4.78 is 5.63. The Balaban J connectivity index is 2.32. The molecule has 1 aliphatic heterocycles. The number of amides is 1. The predicted octanol–water partition coefficient (Wildman–Crippen LogP) is 1.51. The number of carbonyl (C=O) groups is 2. The molecule has 1 aromatic carbocycles. The second-order valence-corrected chi connectivity index (χ2v) is 4.42. The van der Waals surface area contributed by atoms with Crippen molar-refractivity contribution < 1.29 is 19.4 Å². The van der Waals surface area contributed by atoms with E-state index in [-0.39, 0.29) is 18.1 Å². The monoisotopic (exact) mass is 299 g/mol. The molecule has 1 N–H and O–H groups in total. The molecule has 6 heteroatoms. The third kappa shape index (κ3) is 2.48. The zero-order chi connectivity index (χ0) is 12.4. The Kier molecular flexibility index (Phi) is 3.44. The van der Waals surface area contributed by atoms with E-state index in [1.165, 1.54) is 12.1 Å². The molecule has 1 saturated heterocycles. The molecule has 1 heterocycles. The molecule has 0 aromatic heterocycles. The lowest BCUT2D eigenvalue weighted by Crippen LogP contribution is -2.41. The number of hydrogen-bond donors (Lipinski definition) is 1. The van der Waals surface area contributed by atoms with Gasteiger partial charge in [0, 0.05) is 11.0 Å². The van der Waals surface area contributed by atoms with Crippen LogP contribution < -0.4 is 4.90 Å². The normalized spacial score (nSPS) is 16.1. The summed E-state index contributed by atoms with van der Waals surface area (Å²) in [5.74, 6) is -1.12. The summed E-state index contributed by atoms with van der Waals surface area (Å²) in [7, 11) is 0. The number of carbonyl (C=O) groups excluding carboxylic acids is 1. The highest BCUT2D eigenvalue weighted by atomic mass is 79.9. The fourth-order valence-corrected chi connectivity index (χ4v) is 2.22. The summed E-state index contributed by atoms with van der Waals surface area (Å²) >= 11 is 3.28. The number of hydrogen-bond acceptors (Lipinski definition) is 3. The molecule has 0 spiro atoms. The Morgan fingerprint density at radius 3 is 2.82 bits per heavy atom. The standard InChI is InChI=1S/C11H10BrNO4/c12-8-5-7(11(15)16)1-2-9(8)13-3-4-17-6-10(13)14/h1-2,5H,3-4,6H2,(H,15,16). The molecule has 1 aromatic rings. The van der Waals surface area contributed by atoms with Gasteiger partial charge in [-0.25, -0.2) is 4.79 Å². The smallest absolute Gasteiger partial charge is 0.335 e. The summed E-state index contributed by atoms with van der Waals surface area (Å²) in [6.45, 7) is 1.02. The number of rotatable bonds is 2. The van der Waals surface area contributed by atoms with Crippen molar-refractivity contribution in [3.63, 3.8) is 0 Å². The van der Waals surface area contributed by atoms with Gasteiger partial charge >= 0.3 is 5.97 Å². The van der Waals surface area contributed by atoms with Crippen LogP contribution in [0.3, 0.4) is 0 Å². The van der Waals surface area contributed by atoms with Crippen molar-refractivity contribution >= 4 is 33.5 Å². The first-order chi connectivity index (χ1) is 8.09. The number of anilines is 1. The molecular weight excluding hydrogens is 290 g/mol. The van der Waals surface area contributed by atoms with E-state index in [9.17, 15) is 9.59 Å². The molecule has 1 aliphatic rings. The highest BCUT2D eigenvalue weighted by Crippen LogP contribution is 2.28. The van der Waals surface area contributed by atoms with Crippen molar-refractivity contribution in [3.8, 4) is 0 Å². The van der Waals surface area contributed by atoms with Crippen LogP contribution in [-0.2, 0) is 9.53 Å². The number of halogens is 1. The summed E-state index contributed by atoms with van der Waals surface area (Å²) in [4.78, 5) is 24.0. The first-order valence-electron chi connectivity index (χ1n) is 5.00. The van der Waals surface area contributed by atoms with E-state index in [4.69, 9.17) is 9.84 Å². The summed E-state index contributed by atoms with van der Waals surface area (Å²) in [6.07, 6.45) is 0. The van der Waals surface area contributed by atoms with Crippen LogP contribution in [0.5, 0.6) is 0 Å². The number of aromatic carboxylic acids is 1. The van der Waals surface area contributed by atoms with Gasteiger partial charge in [0.2, 0.25) is 0 Å². The molecule has 0 unspecified atom stereocenters. The Labute approximate surface area is 106 Å². The van der Waals surface area contributed by atoms with Crippen molar-refractivity contribution in [2.24, 2.45) is 0 Å². The van der Waals surface area contributed by atoms with E-state index in [1.54, 1.807) is 11.0 Å². The van der Waals surface area contributed by atoms with Crippen LogP contribution in [0.4, 0.5) is 5.69 Å². The molecule has 2 rings (SSSR count). The van der Waals surface area contributed by atoms with E-state index < -0.39 is 5.97 Å².